The fourth-order valence-corrected chi connectivity index (χ4v) is 4.63. The quantitative estimate of drug-likeness (QED) is 0.848. The molecule has 118 valence electrons. The van der Waals surface area contributed by atoms with Gasteiger partial charge in [0, 0.05) is 31.4 Å². The van der Waals surface area contributed by atoms with Crippen LogP contribution in [-0.4, -0.2) is 36.2 Å². The molecule has 6 heteroatoms. The van der Waals surface area contributed by atoms with Crippen LogP contribution < -0.4 is 5.73 Å². The van der Waals surface area contributed by atoms with Crippen LogP contribution in [0.1, 0.15) is 38.7 Å². The van der Waals surface area contributed by atoms with Crippen LogP contribution in [0.5, 0.6) is 0 Å². The first-order valence-electron chi connectivity index (χ1n) is 7.57. The molecule has 0 aromatic heterocycles. The van der Waals surface area contributed by atoms with Gasteiger partial charge in [-0.05, 0) is 31.4 Å². The largest absolute Gasteiger partial charge is 0.398 e. The molecule has 1 saturated heterocycles. The van der Waals surface area contributed by atoms with E-state index < -0.39 is 10.2 Å². The molecule has 1 aromatic carbocycles. The van der Waals surface area contributed by atoms with Crippen LogP contribution in [0.3, 0.4) is 0 Å². The third-order valence-corrected chi connectivity index (χ3v) is 6.29. The van der Waals surface area contributed by atoms with E-state index in [9.17, 15) is 8.42 Å². The van der Waals surface area contributed by atoms with Crippen molar-refractivity contribution in [2.24, 2.45) is 0 Å². The Morgan fingerprint density at radius 3 is 2.67 bits per heavy atom. The minimum Gasteiger partial charge on any atom is -0.398 e. The van der Waals surface area contributed by atoms with E-state index in [-0.39, 0.29) is 6.04 Å². The molecule has 0 bridgehead atoms. The van der Waals surface area contributed by atoms with Gasteiger partial charge in [-0.25, -0.2) is 0 Å². The number of hydrogen-bond acceptors (Lipinski definition) is 3. The molecule has 1 aliphatic rings. The van der Waals surface area contributed by atoms with E-state index in [0.29, 0.717) is 25.3 Å². The van der Waals surface area contributed by atoms with Crippen molar-refractivity contribution in [3.05, 3.63) is 29.8 Å². The highest BCUT2D eigenvalue weighted by Crippen LogP contribution is 2.24. The minimum absolute atomic E-state index is 0.0749. The summed E-state index contributed by atoms with van der Waals surface area (Å²) >= 11 is 0. The Balaban J connectivity index is 2.21. The smallest absolute Gasteiger partial charge is 0.282 e. The fraction of sp³-hybridized carbons (Fsp3) is 0.600. The van der Waals surface area contributed by atoms with Crippen molar-refractivity contribution in [2.45, 2.75) is 45.7 Å². The molecule has 1 atom stereocenters. The van der Waals surface area contributed by atoms with E-state index in [4.69, 9.17) is 5.73 Å². The maximum atomic E-state index is 12.9. The van der Waals surface area contributed by atoms with Crippen LogP contribution in [-0.2, 0) is 16.8 Å². The van der Waals surface area contributed by atoms with Gasteiger partial charge in [-0.2, -0.15) is 17.0 Å². The molecule has 1 unspecified atom stereocenters. The molecule has 1 heterocycles. The number of nitrogen functional groups attached to an aromatic ring is 1. The maximum absolute atomic E-state index is 12.9. The lowest BCUT2D eigenvalue weighted by atomic mass is 10.1. The van der Waals surface area contributed by atoms with Gasteiger partial charge in [0.05, 0.1) is 0 Å². The number of nitrogens with zero attached hydrogens (tertiary/aromatic N) is 2. The molecule has 0 aliphatic carbocycles. The van der Waals surface area contributed by atoms with Gasteiger partial charge >= 0.3 is 0 Å². The van der Waals surface area contributed by atoms with Gasteiger partial charge in [0.15, 0.2) is 0 Å². The van der Waals surface area contributed by atoms with Crippen LogP contribution in [0.4, 0.5) is 5.69 Å². The summed E-state index contributed by atoms with van der Waals surface area (Å²) in [5.41, 5.74) is 7.43. The second kappa shape index (κ2) is 6.77. The Bertz CT molecular complexity index is 574. The summed E-state index contributed by atoms with van der Waals surface area (Å²) in [6, 6.07) is 7.50. The van der Waals surface area contributed by atoms with Crippen molar-refractivity contribution < 1.29 is 8.42 Å². The Hall–Kier alpha value is -1.11. The summed E-state index contributed by atoms with van der Waals surface area (Å²) in [6.45, 7) is 5.24. The Kier molecular flexibility index (Phi) is 5.24. The van der Waals surface area contributed by atoms with E-state index in [1.807, 2.05) is 32.0 Å². The number of nitrogens with two attached hydrogens (primary N) is 1. The molecule has 1 aliphatic heterocycles. The molecule has 1 fully saturated rings. The minimum atomic E-state index is -3.43. The highest BCUT2D eigenvalue weighted by molar-refractivity contribution is 7.86. The monoisotopic (exact) mass is 311 g/mol. The summed E-state index contributed by atoms with van der Waals surface area (Å²) in [5.74, 6) is 0. The number of anilines is 1. The zero-order valence-corrected chi connectivity index (χ0v) is 13.6. The van der Waals surface area contributed by atoms with Crippen molar-refractivity contribution in [1.29, 1.82) is 0 Å². The zero-order valence-electron chi connectivity index (χ0n) is 12.8. The molecule has 5 nitrogen and oxygen atoms in total. The molecular weight excluding hydrogens is 286 g/mol. The Morgan fingerprint density at radius 2 is 2.05 bits per heavy atom. The van der Waals surface area contributed by atoms with Gasteiger partial charge in [0.2, 0.25) is 0 Å². The second-order valence-corrected chi connectivity index (χ2v) is 7.47. The van der Waals surface area contributed by atoms with Gasteiger partial charge in [-0.15, -0.1) is 0 Å². The van der Waals surface area contributed by atoms with E-state index in [1.165, 1.54) is 4.31 Å². The highest BCUT2D eigenvalue weighted by atomic mass is 32.2. The molecule has 2 N–H and O–H groups in total. The predicted molar refractivity (Wildman–Crippen MR) is 85.9 cm³/mol. The summed E-state index contributed by atoms with van der Waals surface area (Å²) in [4.78, 5) is 0. The number of piperidine rings is 1. The first-order valence-corrected chi connectivity index (χ1v) is 8.96. The van der Waals surface area contributed by atoms with Crippen molar-refractivity contribution in [3.8, 4) is 0 Å². The van der Waals surface area contributed by atoms with Gasteiger partial charge < -0.3 is 5.73 Å². The molecule has 0 radical (unpaired) electrons. The van der Waals surface area contributed by atoms with Gasteiger partial charge in [-0.1, -0.05) is 31.5 Å². The molecule has 0 spiro atoms. The fourth-order valence-electron chi connectivity index (χ4n) is 2.79. The molecular formula is C15H25N3O2S. The Labute approximate surface area is 127 Å². The van der Waals surface area contributed by atoms with E-state index in [0.717, 1.165) is 24.8 Å². The normalized spacial score (nSPS) is 20.8. The maximum Gasteiger partial charge on any atom is 0.282 e. The Morgan fingerprint density at radius 1 is 1.33 bits per heavy atom. The lowest BCUT2D eigenvalue weighted by molar-refractivity contribution is 0.244. The van der Waals surface area contributed by atoms with Crippen LogP contribution in [0, 0.1) is 0 Å². The van der Waals surface area contributed by atoms with Crippen LogP contribution in [0.25, 0.3) is 0 Å². The molecule has 0 amide bonds. The van der Waals surface area contributed by atoms with Gasteiger partial charge in [0.25, 0.3) is 10.2 Å². The lowest BCUT2D eigenvalue weighted by Crippen LogP contribution is -2.49. The van der Waals surface area contributed by atoms with Crippen LogP contribution in [0.15, 0.2) is 24.3 Å². The van der Waals surface area contributed by atoms with Crippen LogP contribution >= 0.6 is 0 Å². The average Bonchev–Trinajstić information content (AvgIpc) is 2.46. The van der Waals surface area contributed by atoms with Crippen LogP contribution in [0.2, 0.25) is 0 Å². The molecule has 0 saturated carbocycles. The highest BCUT2D eigenvalue weighted by Gasteiger charge is 2.33. The summed E-state index contributed by atoms with van der Waals surface area (Å²) in [7, 11) is -3.43. The number of hydrogen-bond donors (Lipinski definition) is 1. The average molecular weight is 311 g/mol. The summed E-state index contributed by atoms with van der Waals surface area (Å²) in [5, 5.41) is 0. The lowest BCUT2D eigenvalue weighted by Gasteiger charge is -2.36. The number of benzene rings is 1. The van der Waals surface area contributed by atoms with Crippen molar-refractivity contribution in [2.75, 3.05) is 18.8 Å². The first kappa shape index (κ1) is 16.3. The number of rotatable bonds is 5. The molecule has 21 heavy (non-hydrogen) atoms. The third kappa shape index (κ3) is 3.56. The first-order chi connectivity index (χ1) is 9.96. The topological polar surface area (TPSA) is 66.6 Å². The second-order valence-electron chi connectivity index (χ2n) is 5.59. The molecule has 1 aromatic rings. The summed E-state index contributed by atoms with van der Waals surface area (Å²) in [6.07, 6.45) is 2.98. The van der Waals surface area contributed by atoms with Crippen molar-refractivity contribution in [3.63, 3.8) is 0 Å². The molecule has 2 rings (SSSR count). The SMILES string of the molecule is CCN(Cc1ccccc1N)S(=O)(=O)N1CCCCC1C. The number of para-hydroxylation sites is 1. The van der Waals surface area contributed by atoms with Gasteiger partial charge in [-0.3, -0.25) is 0 Å². The van der Waals surface area contributed by atoms with Gasteiger partial charge in [0.1, 0.15) is 0 Å². The standard InChI is InChI=1S/C15H25N3O2S/c1-3-17(12-14-9-4-5-10-15(14)16)21(19,20)18-11-7-6-8-13(18)2/h4-5,9-10,13H,3,6-8,11-12,16H2,1-2H3. The van der Waals surface area contributed by atoms with E-state index >= 15 is 0 Å². The van der Waals surface area contributed by atoms with E-state index in [1.54, 1.807) is 10.4 Å². The van der Waals surface area contributed by atoms with Crippen molar-refractivity contribution >= 4 is 15.9 Å². The predicted octanol–water partition coefficient (Wildman–Crippen LogP) is 2.21. The zero-order chi connectivity index (χ0) is 15.5. The van der Waals surface area contributed by atoms with Crippen molar-refractivity contribution in [1.82, 2.24) is 8.61 Å². The summed E-state index contributed by atoms with van der Waals surface area (Å²) < 4.78 is 28.9. The van der Waals surface area contributed by atoms with E-state index in [2.05, 4.69) is 0 Å². The third-order valence-electron chi connectivity index (χ3n) is 4.12.